The van der Waals surface area contributed by atoms with Gasteiger partial charge in [0.2, 0.25) is 5.91 Å². The van der Waals surface area contributed by atoms with Gasteiger partial charge in [-0.05, 0) is 33.3 Å². The molecule has 0 bridgehead atoms. The minimum absolute atomic E-state index is 0.0661. The van der Waals surface area contributed by atoms with Gasteiger partial charge in [0.15, 0.2) is 0 Å². The molecule has 3 rings (SSSR count). The average molecular weight is 359 g/mol. The van der Waals surface area contributed by atoms with Crippen molar-refractivity contribution in [1.29, 1.82) is 0 Å². The zero-order valence-electron chi connectivity index (χ0n) is 15.6. The van der Waals surface area contributed by atoms with Crippen molar-refractivity contribution in [3.05, 3.63) is 35.4 Å². The second-order valence-corrected chi connectivity index (χ2v) is 7.37. The number of amides is 4. The molecular formula is C19H25N3O4. The lowest BCUT2D eigenvalue weighted by Gasteiger charge is -2.35. The van der Waals surface area contributed by atoms with E-state index in [0.717, 1.165) is 10.5 Å². The molecule has 140 valence electrons. The van der Waals surface area contributed by atoms with Gasteiger partial charge in [0.1, 0.15) is 12.1 Å². The van der Waals surface area contributed by atoms with Crippen molar-refractivity contribution in [2.24, 2.45) is 0 Å². The Morgan fingerprint density at radius 3 is 2.35 bits per heavy atom. The molecular weight excluding hydrogens is 334 g/mol. The maximum atomic E-state index is 12.9. The summed E-state index contributed by atoms with van der Waals surface area (Å²) in [7, 11) is 0. The van der Waals surface area contributed by atoms with E-state index in [1.807, 2.05) is 45.0 Å². The van der Waals surface area contributed by atoms with Crippen LogP contribution in [0, 0.1) is 6.92 Å². The summed E-state index contributed by atoms with van der Waals surface area (Å²) >= 11 is 0. The van der Waals surface area contributed by atoms with Crippen molar-refractivity contribution in [1.82, 2.24) is 15.1 Å². The molecule has 1 N–H and O–H groups in total. The highest BCUT2D eigenvalue weighted by Gasteiger charge is 2.49. The Balaban J connectivity index is 1.75. The van der Waals surface area contributed by atoms with Crippen LogP contribution in [0.1, 0.15) is 31.9 Å². The number of nitrogens with zero attached hydrogens (tertiary/aromatic N) is 2. The molecule has 3 atom stereocenters. The summed E-state index contributed by atoms with van der Waals surface area (Å²) in [6, 6.07) is 6.89. The van der Waals surface area contributed by atoms with Crippen LogP contribution in [-0.2, 0) is 19.9 Å². The first kappa shape index (κ1) is 18.4. The summed E-state index contributed by atoms with van der Waals surface area (Å²) < 4.78 is 5.63. The Kier molecular flexibility index (Phi) is 4.75. The maximum absolute atomic E-state index is 12.9. The average Bonchev–Trinajstić information content (AvgIpc) is 2.78. The summed E-state index contributed by atoms with van der Waals surface area (Å²) in [5, 5.41) is 2.73. The van der Waals surface area contributed by atoms with Gasteiger partial charge >= 0.3 is 6.03 Å². The van der Waals surface area contributed by atoms with Crippen LogP contribution in [0.3, 0.4) is 0 Å². The summed E-state index contributed by atoms with van der Waals surface area (Å²) in [5.74, 6) is -0.655. The number of hydrogen-bond donors (Lipinski definition) is 1. The van der Waals surface area contributed by atoms with Gasteiger partial charge in [-0.25, -0.2) is 4.79 Å². The predicted molar refractivity (Wildman–Crippen MR) is 95.4 cm³/mol. The van der Waals surface area contributed by atoms with Crippen LogP contribution in [0.5, 0.6) is 0 Å². The van der Waals surface area contributed by atoms with Crippen molar-refractivity contribution in [2.45, 2.75) is 45.4 Å². The van der Waals surface area contributed by atoms with E-state index in [1.165, 1.54) is 0 Å². The fraction of sp³-hybridized carbons (Fsp3) is 0.526. The van der Waals surface area contributed by atoms with Crippen LogP contribution < -0.4 is 5.32 Å². The number of urea groups is 1. The van der Waals surface area contributed by atoms with Gasteiger partial charge in [-0.1, -0.05) is 29.8 Å². The number of morpholine rings is 1. The molecule has 2 saturated heterocycles. The number of aryl methyl sites for hydroxylation is 1. The molecule has 7 heteroatoms. The standard InChI is InChI=1S/C19H25N3O4/c1-12-5-7-15(8-6-12)19(4)17(24)22(18(25)20-19)11-16(23)21-9-13(2)26-14(3)10-21/h5-8,13-14H,9-11H2,1-4H3,(H,20,25)/t13-,14+,19-/m1/s1. The summed E-state index contributed by atoms with van der Waals surface area (Å²) in [5.41, 5.74) is 0.609. The van der Waals surface area contributed by atoms with Crippen LogP contribution in [0.4, 0.5) is 4.79 Å². The topological polar surface area (TPSA) is 79.0 Å². The van der Waals surface area contributed by atoms with E-state index < -0.39 is 17.5 Å². The van der Waals surface area contributed by atoms with Crippen molar-refractivity contribution in [3.8, 4) is 0 Å². The Morgan fingerprint density at radius 1 is 1.19 bits per heavy atom. The molecule has 1 aromatic carbocycles. The third-order valence-electron chi connectivity index (χ3n) is 4.97. The van der Waals surface area contributed by atoms with Crippen molar-refractivity contribution >= 4 is 17.8 Å². The largest absolute Gasteiger partial charge is 0.372 e. The van der Waals surface area contributed by atoms with E-state index in [4.69, 9.17) is 4.74 Å². The molecule has 4 amide bonds. The van der Waals surface area contributed by atoms with Gasteiger partial charge in [-0.2, -0.15) is 0 Å². The fourth-order valence-corrected chi connectivity index (χ4v) is 3.54. The Morgan fingerprint density at radius 2 is 1.77 bits per heavy atom. The smallest absolute Gasteiger partial charge is 0.325 e. The lowest BCUT2D eigenvalue weighted by molar-refractivity contribution is -0.146. The van der Waals surface area contributed by atoms with Gasteiger partial charge in [0, 0.05) is 13.1 Å². The number of hydrogen-bond acceptors (Lipinski definition) is 4. The molecule has 2 heterocycles. The summed E-state index contributed by atoms with van der Waals surface area (Å²) in [6.07, 6.45) is -0.132. The number of benzene rings is 1. The predicted octanol–water partition coefficient (Wildman–Crippen LogP) is 1.40. The van der Waals surface area contributed by atoms with Gasteiger partial charge in [0.25, 0.3) is 5.91 Å². The SMILES string of the molecule is Cc1ccc([C@@]2(C)NC(=O)N(CC(=O)N3C[C@@H](C)O[C@@H](C)C3)C2=O)cc1. The highest BCUT2D eigenvalue weighted by molar-refractivity contribution is 6.09. The molecule has 0 aromatic heterocycles. The van der Waals surface area contributed by atoms with Crippen molar-refractivity contribution in [3.63, 3.8) is 0 Å². The zero-order valence-corrected chi connectivity index (χ0v) is 15.6. The highest BCUT2D eigenvalue weighted by Crippen LogP contribution is 2.29. The minimum atomic E-state index is -1.16. The number of carbonyl (C=O) groups is 3. The monoisotopic (exact) mass is 359 g/mol. The van der Waals surface area contributed by atoms with Crippen LogP contribution >= 0.6 is 0 Å². The normalized spacial score (nSPS) is 29.1. The maximum Gasteiger partial charge on any atom is 0.325 e. The van der Waals surface area contributed by atoms with Gasteiger partial charge < -0.3 is 15.0 Å². The van der Waals surface area contributed by atoms with Gasteiger partial charge in [-0.15, -0.1) is 0 Å². The molecule has 0 unspecified atom stereocenters. The lowest BCUT2D eigenvalue weighted by atomic mass is 9.91. The number of imide groups is 1. The molecule has 0 radical (unpaired) electrons. The van der Waals surface area contributed by atoms with E-state index in [-0.39, 0.29) is 24.7 Å². The number of ether oxygens (including phenoxy) is 1. The van der Waals surface area contributed by atoms with Crippen molar-refractivity contribution in [2.75, 3.05) is 19.6 Å². The molecule has 0 aliphatic carbocycles. The molecule has 2 fully saturated rings. The van der Waals surface area contributed by atoms with Crippen molar-refractivity contribution < 1.29 is 19.1 Å². The van der Waals surface area contributed by atoms with Crippen LogP contribution in [0.2, 0.25) is 0 Å². The fourth-order valence-electron chi connectivity index (χ4n) is 3.54. The van der Waals surface area contributed by atoms with Gasteiger partial charge in [0.05, 0.1) is 12.2 Å². The van der Waals surface area contributed by atoms with E-state index in [0.29, 0.717) is 18.7 Å². The minimum Gasteiger partial charge on any atom is -0.372 e. The summed E-state index contributed by atoms with van der Waals surface area (Å²) in [4.78, 5) is 40.6. The number of carbonyl (C=O) groups excluding carboxylic acids is 3. The Bertz CT molecular complexity index is 723. The third-order valence-corrected chi connectivity index (χ3v) is 4.97. The van der Waals surface area contributed by atoms with E-state index in [9.17, 15) is 14.4 Å². The van der Waals surface area contributed by atoms with E-state index >= 15 is 0 Å². The molecule has 0 spiro atoms. The Labute approximate surface area is 153 Å². The first-order valence-electron chi connectivity index (χ1n) is 8.85. The second kappa shape index (κ2) is 6.72. The third kappa shape index (κ3) is 3.31. The molecule has 2 aliphatic heterocycles. The summed E-state index contributed by atoms with van der Waals surface area (Å²) in [6.45, 7) is 8.09. The highest BCUT2D eigenvalue weighted by atomic mass is 16.5. The van der Waals surface area contributed by atoms with Crippen LogP contribution in [0.25, 0.3) is 0 Å². The quantitative estimate of drug-likeness (QED) is 0.828. The van der Waals surface area contributed by atoms with E-state index in [1.54, 1.807) is 11.8 Å². The van der Waals surface area contributed by atoms with Crippen LogP contribution in [-0.4, -0.2) is 59.5 Å². The second-order valence-electron chi connectivity index (χ2n) is 7.37. The van der Waals surface area contributed by atoms with Gasteiger partial charge in [-0.3, -0.25) is 14.5 Å². The molecule has 0 saturated carbocycles. The number of rotatable bonds is 3. The van der Waals surface area contributed by atoms with E-state index in [2.05, 4.69) is 5.32 Å². The zero-order chi connectivity index (χ0) is 19.1. The molecule has 1 aromatic rings. The first-order valence-corrected chi connectivity index (χ1v) is 8.85. The molecule has 26 heavy (non-hydrogen) atoms. The lowest BCUT2D eigenvalue weighted by Crippen LogP contribution is -2.52. The van der Waals surface area contributed by atoms with Crippen LogP contribution in [0.15, 0.2) is 24.3 Å². The number of nitrogens with one attached hydrogen (secondary N) is 1. The first-order chi connectivity index (χ1) is 12.2. The molecule has 7 nitrogen and oxygen atoms in total. The Hall–Kier alpha value is -2.41. The molecule has 2 aliphatic rings.